The number of carbonyl (C=O) groups is 1. The van der Waals surface area contributed by atoms with Crippen molar-refractivity contribution in [2.45, 2.75) is 77.6 Å². The van der Waals surface area contributed by atoms with Crippen LogP contribution in [0.4, 0.5) is 8.78 Å². The van der Waals surface area contributed by atoms with Crippen molar-refractivity contribution in [3.63, 3.8) is 0 Å². The summed E-state index contributed by atoms with van der Waals surface area (Å²) < 4.78 is 44.8. The zero-order chi connectivity index (χ0) is 26.0. The van der Waals surface area contributed by atoms with E-state index < -0.39 is 18.1 Å². The Labute approximate surface area is 211 Å². The monoisotopic (exact) mass is 505 g/mol. The van der Waals surface area contributed by atoms with Gasteiger partial charge in [0.15, 0.2) is 0 Å². The lowest BCUT2D eigenvalue weighted by Crippen LogP contribution is -2.58. The third-order valence-corrected chi connectivity index (χ3v) is 6.86. The summed E-state index contributed by atoms with van der Waals surface area (Å²) in [6.07, 6.45) is -0.114. The number of aromatic nitrogens is 1. The minimum Gasteiger partial charge on any atom is -0.491 e. The number of rotatable bonds is 7. The molecule has 0 N–H and O–H groups in total. The Bertz CT molecular complexity index is 1050. The maximum Gasteiger partial charge on any atom is 0.253 e. The SMILES string of the molecule is Cc1cc(C(=O)N2CCC3(CC2)CN(CC(F)F)CC(c2ncc(C(C)C)o2)O3)ccc1OC(C)C. The van der Waals surface area contributed by atoms with Crippen LogP contribution in [-0.4, -0.2) is 71.5 Å². The summed E-state index contributed by atoms with van der Waals surface area (Å²) in [4.78, 5) is 21.2. The van der Waals surface area contributed by atoms with Crippen LogP contribution in [0.25, 0.3) is 0 Å². The van der Waals surface area contributed by atoms with E-state index in [1.807, 2.05) is 51.7 Å². The molecule has 0 bridgehead atoms. The molecule has 2 saturated heterocycles. The molecule has 4 rings (SSSR count). The lowest BCUT2D eigenvalue weighted by atomic mass is 9.88. The molecule has 2 aliphatic heterocycles. The van der Waals surface area contributed by atoms with Crippen LogP contribution >= 0.6 is 0 Å². The molecule has 9 heteroatoms. The molecule has 198 valence electrons. The van der Waals surface area contributed by atoms with Gasteiger partial charge < -0.3 is 18.8 Å². The number of carbonyl (C=O) groups excluding carboxylic acids is 1. The minimum atomic E-state index is -2.44. The second-order valence-corrected chi connectivity index (χ2v) is 10.6. The fraction of sp³-hybridized carbons (Fsp3) is 0.630. The van der Waals surface area contributed by atoms with E-state index in [-0.39, 0.29) is 24.5 Å². The zero-order valence-corrected chi connectivity index (χ0v) is 21.8. The van der Waals surface area contributed by atoms with E-state index in [1.54, 1.807) is 17.2 Å². The molecule has 2 aromatic rings. The van der Waals surface area contributed by atoms with Crippen LogP contribution in [0.15, 0.2) is 28.8 Å². The molecule has 0 saturated carbocycles. The van der Waals surface area contributed by atoms with Gasteiger partial charge in [-0.15, -0.1) is 0 Å². The van der Waals surface area contributed by atoms with Crippen molar-refractivity contribution < 1.29 is 27.5 Å². The van der Waals surface area contributed by atoms with Crippen molar-refractivity contribution in [3.8, 4) is 5.75 Å². The van der Waals surface area contributed by atoms with Gasteiger partial charge in [0.2, 0.25) is 5.89 Å². The second kappa shape index (κ2) is 10.8. The highest BCUT2D eigenvalue weighted by Gasteiger charge is 2.45. The van der Waals surface area contributed by atoms with Crippen LogP contribution in [0.5, 0.6) is 5.75 Å². The quantitative estimate of drug-likeness (QED) is 0.515. The number of amides is 1. The van der Waals surface area contributed by atoms with E-state index in [0.717, 1.165) is 17.1 Å². The standard InChI is InChI=1S/C27H37F2N3O4/c1-17(2)22-13-30-25(35-22)23-14-31(15-24(28)29)16-27(36-23)8-10-32(11-9-27)26(33)20-6-7-21(19(5)12-20)34-18(3)4/h6-7,12-13,17-18,23-24H,8-11,14-16H2,1-5H3. The number of likely N-dealkylation sites (tertiary alicyclic amines) is 1. The molecule has 36 heavy (non-hydrogen) atoms. The number of nitrogens with zero attached hydrogens (tertiary/aromatic N) is 3. The third-order valence-electron chi connectivity index (χ3n) is 6.86. The topological polar surface area (TPSA) is 68.0 Å². The number of hydrogen-bond donors (Lipinski definition) is 0. The Morgan fingerprint density at radius 1 is 1.22 bits per heavy atom. The molecule has 1 unspecified atom stereocenters. The minimum absolute atomic E-state index is 0.0462. The van der Waals surface area contributed by atoms with Crippen molar-refractivity contribution in [2.24, 2.45) is 0 Å². The number of morpholine rings is 1. The Morgan fingerprint density at radius 2 is 1.94 bits per heavy atom. The van der Waals surface area contributed by atoms with Gasteiger partial charge in [-0.1, -0.05) is 13.8 Å². The molecular formula is C27H37F2N3O4. The second-order valence-electron chi connectivity index (χ2n) is 10.6. The first-order valence-corrected chi connectivity index (χ1v) is 12.8. The first-order valence-electron chi connectivity index (χ1n) is 12.8. The predicted molar refractivity (Wildman–Crippen MR) is 132 cm³/mol. The lowest BCUT2D eigenvalue weighted by Gasteiger charge is -2.49. The van der Waals surface area contributed by atoms with E-state index in [9.17, 15) is 13.6 Å². The Hall–Kier alpha value is -2.52. The Kier molecular flexibility index (Phi) is 7.99. The maximum absolute atomic E-state index is 13.3. The van der Waals surface area contributed by atoms with Crippen molar-refractivity contribution >= 4 is 5.91 Å². The molecule has 2 fully saturated rings. The first kappa shape index (κ1) is 26.5. The third kappa shape index (κ3) is 6.06. The molecule has 1 amide bonds. The van der Waals surface area contributed by atoms with Crippen LogP contribution < -0.4 is 4.74 Å². The van der Waals surface area contributed by atoms with Gasteiger partial charge in [-0.3, -0.25) is 9.69 Å². The average Bonchev–Trinajstić information content (AvgIpc) is 3.30. The number of ether oxygens (including phenoxy) is 2. The molecule has 1 aromatic carbocycles. The normalized spacial score (nSPS) is 20.6. The fourth-order valence-electron chi connectivity index (χ4n) is 5.01. The Morgan fingerprint density at radius 3 is 2.53 bits per heavy atom. The van der Waals surface area contributed by atoms with Gasteiger partial charge in [-0.05, 0) is 57.4 Å². The number of benzene rings is 1. The van der Waals surface area contributed by atoms with Gasteiger partial charge in [0.1, 0.15) is 17.6 Å². The number of piperidine rings is 1. The molecule has 7 nitrogen and oxygen atoms in total. The van der Waals surface area contributed by atoms with E-state index in [4.69, 9.17) is 13.9 Å². The zero-order valence-electron chi connectivity index (χ0n) is 21.8. The summed E-state index contributed by atoms with van der Waals surface area (Å²) in [5, 5.41) is 0. The van der Waals surface area contributed by atoms with Crippen molar-refractivity contribution in [1.29, 1.82) is 0 Å². The Balaban J connectivity index is 1.46. The highest BCUT2D eigenvalue weighted by atomic mass is 19.3. The molecule has 1 atom stereocenters. The van der Waals surface area contributed by atoms with Gasteiger partial charge in [0.25, 0.3) is 12.3 Å². The van der Waals surface area contributed by atoms with Crippen LogP contribution in [0.1, 0.15) is 80.1 Å². The summed E-state index contributed by atoms with van der Waals surface area (Å²) in [7, 11) is 0. The number of alkyl halides is 2. The van der Waals surface area contributed by atoms with Gasteiger partial charge in [-0.25, -0.2) is 13.8 Å². The van der Waals surface area contributed by atoms with Crippen LogP contribution in [0.3, 0.4) is 0 Å². The number of hydrogen-bond acceptors (Lipinski definition) is 6. The van der Waals surface area contributed by atoms with Crippen molar-refractivity contribution in [1.82, 2.24) is 14.8 Å². The molecule has 1 spiro atoms. The van der Waals surface area contributed by atoms with Gasteiger partial charge in [-0.2, -0.15) is 0 Å². The van der Waals surface area contributed by atoms with Gasteiger partial charge in [0, 0.05) is 37.7 Å². The number of oxazole rings is 1. The number of halogens is 2. The predicted octanol–water partition coefficient (Wildman–Crippen LogP) is 5.21. The summed E-state index contributed by atoms with van der Waals surface area (Å²) in [6, 6.07) is 5.49. The van der Waals surface area contributed by atoms with Crippen LogP contribution in [-0.2, 0) is 4.74 Å². The molecule has 3 heterocycles. The largest absolute Gasteiger partial charge is 0.491 e. The van der Waals surface area contributed by atoms with E-state index >= 15 is 0 Å². The number of aryl methyl sites for hydroxylation is 1. The summed E-state index contributed by atoms with van der Waals surface area (Å²) >= 11 is 0. The molecule has 0 radical (unpaired) electrons. The van der Waals surface area contributed by atoms with Crippen LogP contribution in [0.2, 0.25) is 0 Å². The van der Waals surface area contributed by atoms with Crippen molar-refractivity contribution in [2.75, 3.05) is 32.7 Å². The van der Waals surface area contributed by atoms with Gasteiger partial charge in [0.05, 0.1) is 24.4 Å². The highest BCUT2D eigenvalue weighted by molar-refractivity contribution is 5.94. The van der Waals surface area contributed by atoms with Crippen LogP contribution in [0, 0.1) is 6.92 Å². The van der Waals surface area contributed by atoms with Crippen molar-refractivity contribution in [3.05, 3.63) is 47.2 Å². The molecule has 2 aliphatic rings. The van der Waals surface area contributed by atoms with E-state index in [1.165, 1.54) is 0 Å². The molecule has 1 aromatic heterocycles. The smallest absolute Gasteiger partial charge is 0.253 e. The van der Waals surface area contributed by atoms with Gasteiger partial charge >= 0.3 is 0 Å². The lowest BCUT2D eigenvalue weighted by molar-refractivity contribution is -0.186. The van der Waals surface area contributed by atoms with E-state index in [0.29, 0.717) is 50.5 Å². The maximum atomic E-state index is 13.3. The first-order chi connectivity index (χ1) is 17.0. The molecule has 0 aliphatic carbocycles. The summed E-state index contributed by atoms with van der Waals surface area (Å²) in [5.74, 6) is 2.07. The summed E-state index contributed by atoms with van der Waals surface area (Å²) in [5.41, 5.74) is 0.893. The van der Waals surface area contributed by atoms with E-state index in [2.05, 4.69) is 4.98 Å². The summed E-state index contributed by atoms with van der Waals surface area (Å²) in [6.45, 7) is 11.2. The highest BCUT2D eigenvalue weighted by Crippen LogP contribution is 2.38. The molecular weight excluding hydrogens is 468 g/mol. The average molecular weight is 506 g/mol. The fourth-order valence-corrected chi connectivity index (χ4v) is 5.01.